The summed E-state index contributed by atoms with van der Waals surface area (Å²) in [6, 6.07) is 22.9. The van der Waals surface area contributed by atoms with Crippen LogP contribution in [0.4, 0.5) is 18.9 Å². The van der Waals surface area contributed by atoms with E-state index >= 15 is 0 Å². The Morgan fingerprint density at radius 1 is 0.976 bits per heavy atom. The predicted molar refractivity (Wildman–Crippen MR) is 147 cm³/mol. The second kappa shape index (κ2) is 12.6. The zero-order valence-corrected chi connectivity index (χ0v) is 21.8. The topological polar surface area (TPSA) is 141 Å². The van der Waals surface area contributed by atoms with Gasteiger partial charge in [-0.1, -0.05) is 54.6 Å². The summed E-state index contributed by atoms with van der Waals surface area (Å²) in [6.45, 7) is 1.04. The van der Waals surface area contributed by atoms with Crippen LogP contribution >= 0.6 is 0 Å². The Kier molecular flexibility index (Phi) is 9.03. The van der Waals surface area contributed by atoms with Crippen LogP contribution in [0.5, 0.6) is 0 Å². The van der Waals surface area contributed by atoms with Crippen LogP contribution in [0.25, 0.3) is 22.0 Å². The number of likely N-dealkylation sites (tertiary alicyclic amines) is 1. The lowest BCUT2D eigenvalue weighted by Gasteiger charge is -2.33. The molecule has 2 amide bonds. The van der Waals surface area contributed by atoms with E-state index in [1.807, 2.05) is 60.7 Å². The Bertz CT molecular complexity index is 1500. The summed E-state index contributed by atoms with van der Waals surface area (Å²) in [5, 5.41) is 18.0. The largest absolute Gasteiger partial charge is 0.490 e. The molecule has 0 aliphatic carbocycles. The number of H-pyrrole nitrogens is 1. The standard InChI is InChI=1S/C27H27N5O2.C2HF3O2/c28-25(20-8-6-19(7-9-20)18-4-2-1-3-5-18)27(34)32-14-12-21(13-15-32)26(33)30-23-10-11-24-22(16-23)17-29-31-24;3-2(4,5)1(6)7/h1-11,16-17,21,25H,12-15,28H2,(H,29,31)(H,30,33);(H,6,7). The lowest BCUT2D eigenvalue weighted by Crippen LogP contribution is -2.45. The number of rotatable bonds is 5. The van der Waals surface area contributed by atoms with Crippen molar-refractivity contribution in [1.29, 1.82) is 0 Å². The van der Waals surface area contributed by atoms with Crippen molar-refractivity contribution in [3.05, 3.63) is 84.6 Å². The number of amides is 2. The van der Waals surface area contributed by atoms with Crippen LogP contribution in [0.15, 0.2) is 79.0 Å². The van der Waals surface area contributed by atoms with Crippen LogP contribution in [-0.4, -0.2) is 57.3 Å². The number of hydrogen-bond donors (Lipinski definition) is 4. The van der Waals surface area contributed by atoms with E-state index < -0.39 is 18.2 Å². The minimum absolute atomic E-state index is 0.0178. The van der Waals surface area contributed by atoms with Gasteiger partial charge in [0.05, 0.1) is 11.7 Å². The first-order chi connectivity index (χ1) is 19.5. The zero-order chi connectivity index (χ0) is 29.6. The van der Waals surface area contributed by atoms with Gasteiger partial charge in [-0.3, -0.25) is 14.7 Å². The minimum atomic E-state index is -5.08. The molecule has 12 heteroatoms. The van der Waals surface area contributed by atoms with E-state index in [-0.39, 0.29) is 17.7 Å². The second-order valence-electron chi connectivity index (χ2n) is 9.53. The summed E-state index contributed by atoms with van der Waals surface area (Å²) < 4.78 is 31.7. The Labute approximate surface area is 233 Å². The molecule has 0 spiro atoms. The van der Waals surface area contributed by atoms with Crippen molar-refractivity contribution in [2.75, 3.05) is 18.4 Å². The predicted octanol–water partition coefficient (Wildman–Crippen LogP) is 4.74. The number of hydrogen-bond acceptors (Lipinski definition) is 5. The third-order valence-electron chi connectivity index (χ3n) is 6.77. The number of fused-ring (bicyclic) bond motifs is 1. The summed E-state index contributed by atoms with van der Waals surface area (Å²) in [4.78, 5) is 36.4. The number of nitrogens with two attached hydrogens (primary N) is 1. The maximum absolute atomic E-state index is 13.0. The van der Waals surface area contributed by atoms with Crippen LogP contribution < -0.4 is 11.1 Å². The average Bonchev–Trinajstić information content (AvgIpc) is 3.45. The van der Waals surface area contributed by atoms with Crippen molar-refractivity contribution in [3.63, 3.8) is 0 Å². The molecule has 1 saturated heterocycles. The number of halogens is 3. The molecule has 0 saturated carbocycles. The maximum Gasteiger partial charge on any atom is 0.490 e. The van der Waals surface area contributed by atoms with E-state index in [4.69, 9.17) is 15.6 Å². The van der Waals surface area contributed by atoms with Crippen molar-refractivity contribution < 1.29 is 32.7 Å². The van der Waals surface area contributed by atoms with E-state index in [1.54, 1.807) is 11.1 Å². The van der Waals surface area contributed by atoms with Crippen LogP contribution in [0, 0.1) is 5.92 Å². The number of nitrogens with zero attached hydrogens (tertiary/aromatic N) is 2. The molecular formula is C29H28F3N5O4. The molecule has 1 unspecified atom stereocenters. The number of benzene rings is 3. The van der Waals surface area contributed by atoms with Gasteiger partial charge in [0.25, 0.3) is 0 Å². The van der Waals surface area contributed by atoms with Gasteiger partial charge >= 0.3 is 12.1 Å². The first kappa shape index (κ1) is 29.3. The second-order valence-corrected chi connectivity index (χ2v) is 9.53. The third kappa shape index (κ3) is 7.48. The van der Waals surface area contributed by atoms with E-state index in [1.165, 1.54) is 0 Å². The third-order valence-corrected chi connectivity index (χ3v) is 6.77. The molecule has 214 valence electrons. The number of carbonyl (C=O) groups excluding carboxylic acids is 2. The summed E-state index contributed by atoms with van der Waals surface area (Å²) in [5.41, 5.74) is 11.0. The summed E-state index contributed by atoms with van der Waals surface area (Å²) >= 11 is 0. The molecule has 5 N–H and O–H groups in total. The summed E-state index contributed by atoms with van der Waals surface area (Å²) in [6.07, 6.45) is -2.12. The van der Waals surface area contributed by atoms with Crippen molar-refractivity contribution in [2.45, 2.75) is 25.1 Å². The van der Waals surface area contributed by atoms with Gasteiger partial charge in [-0.15, -0.1) is 0 Å². The van der Waals surface area contributed by atoms with Gasteiger partial charge in [-0.2, -0.15) is 18.3 Å². The fraction of sp³-hybridized carbons (Fsp3) is 0.241. The molecular weight excluding hydrogens is 539 g/mol. The number of aromatic amines is 1. The molecule has 9 nitrogen and oxygen atoms in total. The van der Waals surface area contributed by atoms with Gasteiger partial charge in [0.2, 0.25) is 11.8 Å². The van der Waals surface area contributed by atoms with Crippen LogP contribution in [0.3, 0.4) is 0 Å². The van der Waals surface area contributed by atoms with Crippen molar-refractivity contribution in [1.82, 2.24) is 15.1 Å². The first-order valence-corrected chi connectivity index (χ1v) is 12.8. The van der Waals surface area contributed by atoms with Crippen molar-refractivity contribution >= 4 is 34.4 Å². The Morgan fingerprint density at radius 3 is 2.20 bits per heavy atom. The number of carbonyl (C=O) groups is 3. The molecule has 2 heterocycles. The summed E-state index contributed by atoms with van der Waals surface area (Å²) in [7, 11) is 0. The monoisotopic (exact) mass is 567 g/mol. The fourth-order valence-corrected chi connectivity index (χ4v) is 4.48. The Morgan fingerprint density at radius 2 is 1.59 bits per heavy atom. The SMILES string of the molecule is NC(C(=O)N1CCC(C(=O)Nc2ccc3[nH]ncc3c2)CC1)c1ccc(-c2ccccc2)cc1.O=C(O)C(F)(F)F. The van der Waals surface area contributed by atoms with Gasteiger partial charge in [0, 0.05) is 30.1 Å². The van der Waals surface area contributed by atoms with E-state index in [0.29, 0.717) is 25.9 Å². The van der Waals surface area contributed by atoms with Gasteiger partial charge in [0.15, 0.2) is 0 Å². The number of nitrogens with one attached hydrogen (secondary N) is 2. The number of aromatic nitrogens is 2. The fourth-order valence-electron chi connectivity index (χ4n) is 4.48. The number of alkyl halides is 3. The van der Waals surface area contributed by atoms with Gasteiger partial charge < -0.3 is 21.1 Å². The number of aliphatic carboxylic acids is 1. The lowest BCUT2D eigenvalue weighted by molar-refractivity contribution is -0.192. The highest BCUT2D eigenvalue weighted by Gasteiger charge is 2.38. The molecule has 4 aromatic rings. The molecule has 1 atom stereocenters. The highest BCUT2D eigenvalue weighted by atomic mass is 19.4. The minimum Gasteiger partial charge on any atom is -0.475 e. The molecule has 1 aliphatic heterocycles. The van der Waals surface area contributed by atoms with Crippen molar-refractivity contribution in [2.24, 2.45) is 11.7 Å². The average molecular weight is 568 g/mol. The van der Waals surface area contributed by atoms with Gasteiger partial charge in [0.1, 0.15) is 6.04 Å². The van der Waals surface area contributed by atoms with Crippen LogP contribution in [0.2, 0.25) is 0 Å². The van der Waals surface area contributed by atoms with E-state index in [0.717, 1.165) is 33.3 Å². The zero-order valence-electron chi connectivity index (χ0n) is 21.8. The molecule has 1 aliphatic rings. The molecule has 5 rings (SSSR count). The summed E-state index contributed by atoms with van der Waals surface area (Å²) in [5.74, 6) is -3.01. The number of piperidine rings is 1. The van der Waals surface area contributed by atoms with E-state index in [2.05, 4.69) is 27.6 Å². The molecule has 0 radical (unpaired) electrons. The van der Waals surface area contributed by atoms with Crippen molar-refractivity contribution in [3.8, 4) is 11.1 Å². The number of carboxylic acids is 1. The molecule has 1 fully saturated rings. The van der Waals surface area contributed by atoms with Crippen LogP contribution in [0.1, 0.15) is 24.4 Å². The molecule has 41 heavy (non-hydrogen) atoms. The quantitative estimate of drug-likeness (QED) is 0.275. The molecule has 1 aromatic heterocycles. The molecule has 3 aromatic carbocycles. The first-order valence-electron chi connectivity index (χ1n) is 12.8. The Hall–Kier alpha value is -4.71. The Balaban J connectivity index is 0.000000493. The number of anilines is 1. The number of carboxylic acid groups (broad SMARTS) is 1. The van der Waals surface area contributed by atoms with Crippen LogP contribution in [-0.2, 0) is 14.4 Å². The van der Waals surface area contributed by atoms with E-state index in [9.17, 15) is 22.8 Å². The van der Waals surface area contributed by atoms with Gasteiger partial charge in [-0.25, -0.2) is 4.79 Å². The normalized spacial score (nSPS) is 14.6. The molecule has 0 bridgehead atoms. The van der Waals surface area contributed by atoms with Gasteiger partial charge in [-0.05, 0) is 47.7 Å². The lowest BCUT2D eigenvalue weighted by atomic mass is 9.94. The highest BCUT2D eigenvalue weighted by molar-refractivity contribution is 5.95. The maximum atomic E-state index is 13.0. The highest BCUT2D eigenvalue weighted by Crippen LogP contribution is 2.25. The smallest absolute Gasteiger partial charge is 0.475 e.